The van der Waals surface area contributed by atoms with E-state index in [2.05, 4.69) is 15.3 Å². The number of aromatic nitrogens is 2. The third-order valence-electron chi connectivity index (χ3n) is 4.60. The molecule has 0 saturated carbocycles. The van der Waals surface area contributed by atoms with E-state index in [-0.39, 0.29) is 11.5 Å². The Morgan fingerprint density at radius 1 is 1.15 bits per heavy atom. The van der Waals surface area contributed by atoms with E-state index in [4.69, 9.17) is 4.42 Å². The summed E-state index contributed by atoms with van der Waals surface area (Å²) in [5, 5.41) is 3.76. The van der Waals surface area contributed by atoms with Crippen molar-refractivity contribution in [3.8, 4) is 0 Å². The number of fused-ring (bicyclic) bond motifs is 2. The van der Waals surface area contributed by atoms with Crippen LogP contribution in [0.2, 0.25) is 0 Å². The van der Waals surface area contributed by atoms with Crippen LogP contribution in [0.25, 0.3) is 22.0 Å². The summed E-state index contributed by atoms with van der Waals surface area (Å²) in [4.78, 5) is 31.6. The second kappa shape index (κ2) is 6.72. The molecule has 0 aliphatic rings. The van der Waals surface area contributed by atoms with Crippen molar-refractivity contribution in [2.75, 3.05) is 5.32 Å². The lowest BCUT2D eigenvalue weighted by Gasteiger charge is -2.10. The Balaban J connectivity index is 1.50. The Morgan fingerprint density at radius 3 is 2.78 bits per heavy atom. The number of aryl methyl sites for hydroxylation is 3. The summed E-state index contributed by atoms with van der Waals surface area (Å²) in [6, 6.07) is 12.9. The minimum absolute atomic E-state index is 0.0899. The number of hydrogen-bond donors (Lipinski definition) is 2. The first-order chi connectivity index (χ1) is 13.0. The number of nitrogens with zero attached hydrogens (tertiary/aromatic N) is 1. The van der Waals surface area contributed by atoms with Crippen molar-refractivity contribution in [3.63, 3.8) is 0 Å². The summed E-state index contributed by atoms with van der Waals surface area (Å²) in [7, 11) is 0. The lowest BCUT2D eigenvalue weighted by Crippen LogP contribution is -2.13. The van der Waals surface area contributed by atoms with Crippen molar-refractivity contribution in [3.05, 3.63) is 69.8 Å². The molecule has 1 amide bonds. The van der Waals surface area contributed by atoms with Gasteiger partial charge in [0, 0.05) is 30.0 Å². The highest BCUT2D eigenvalue weighted by Gasteiger charge is 2.11. The molecule has 2 aromatic carbocycles. The van der Waals surface area contributed by atoms with Crippen LogP contribution in [0.3, 0.4) is 0 Å². The molecule has 0 aliphatic carbocycles. The van der Waals surface area contributed by atoms with Crippen LogP contribution in [0.5, 0.6) is 0 Å². The first-order valence-corrected chi connectivity index (χ1v) is 8.78. The largest absolute Gasteiger partial charge is 0.423 e. The predicted octanol–water partition coefficient (Wildman–Crippen LogP) is 3.86. The lowest BCUT2D eigenvalue weighted by molar-refractivity contribution is -0.116. The molecular weight excluding hydrogens is 342 g/mol. The van der Waals surface area contributed by atoms with Gasteiger partial charge in [-0.1, -0.05) is 12.1 Å². The second-order valence-electron chi connectivity index (χ2n) is 6.66. The fraction of sp³-hybridized carbons (Fsp3) is 0.190. The van der Waals surface area contributed by atoms with Gasteiger partial charge in [0.1, 0.15) is 11.4 Å². The molecule has 4 aromatic rings. The Hall–Kier alpha value is -3.41. The third-order valence-corrected chi connectivity index (χ3v) is 4.60. The molecule has 0 bridgehead atoms. The van der Waals surface area contributed by atoms with Gasteiger partial charge in [-0.05, 0) is 49.2 Å². The van der Waals surface area contributed by atoms with Gasteiger partial charge in [0.05, 0.1) is 11.0 Å². The molecule has 0 fully saturated rings. The summed E-state index contributed by atoms with van der Waals surface area (Å²) in [5.74, 6) is 0.701. The van der Waals surface area contributed by atoms with Crippen LogP contribution in [0.4, 0.5) is 5.69 Å². The van der Waals surface area contributed by atoms with Crippen molar-refractivity contribution >= 4 is 33.6 Å². The first kappa shape index (κ1) is 17.0. The van der Waals surface area contributed by atoms with Crippen LogP contribution in [-0.4, -0.2) is 15.9 Å². The number of anilines is 1. The molecule has 2 N–H and O–H groups in total. The Morgan fingerprint density at radius 2 is 1.96 bits per heavy atom. The maximum Gasteiger partial charge on any atom is 0.336 e. The van der Waals surface area contributed by atoms with E-state index in [1.807, 2.05) is 44.2 Å². The summed E-state index contributed by atoms with van der Waals surface area (Å²) < 4.78 is 5.24. The van der Waals surface area contributed by atoms with Crippen molar-refractivity contribution < 1.29 is 9.21 Å². The van der Waals surface area contributed by atoms with Crippen molar-refractivity contribution in [1.82, 2.24) is 9.97 Å². The van der Waals surface area contributed by atoms with Crippen LogP contribution < -0.4 is 10.9 Å². The predicted molar refractivity (Wildman–Crippen MR) is 105 cm³/mol. The Kier molecular flexibility index (Phi) is 4.24. The fourth-order valence-corrected chi connectivity index (χ4v) is 3.17. The van der Waals surface area contributed by atoms with Gasteiger partial charge >= 0.3 is 5.63 Å². The number of amides is 1. The lowest BCUT2D eigenvalue weighted by atomic mass is 10.1. The average Bonchev–Trinajstić information content (AvgIpc) is 3.04. The van der Waals surface area contributed by atoms with E-state index >= 15 is 0 Å². The third kappa shape index (κ3) is 3.46. The van der Waals surface area contributed by atoms with Crippen molar-refractivity contribution in [2.24, 2.45) is 0 Å². The van der Waals surface area contributed by atoms with Crippen LogP contribution in [0, 0.1) is 13.8 Å². The van der Waals surface area contributed by atoms with Gasteiger partial charge in [0.2, 0.25) is 5.91 Å². The number of nitrogens with one attached hydrogen (secondary N) is 2. The number of benzene rings is 2. The van der Waals surface area contributed by atoms with E-state index in [1.165, 1.54) is 6.07 Å². The maximum atomic E-state index is 12.4. The molecule has 6 nitrogen and oxygen atoms in total. The maximum absolute atomic E-state index is 12.4. The quantitative estimate of drug-likeness (QED) is 0.540. The van der Waals surface area contributed by atoms with E-state index in [0.717, 1.165) is 33.4 Å². The molecule has 0 spiro atoms. The van der Waals surface area contributed by atoms with Crippen LogP contribution in [0.15, 0.2) is 51.7 Å². The SMILES string of the molecule is Cc1cc2oc(=O)cc(C)c2cc1NC(=O)CCc1nc2ccccc2[nH]1. The van der Waals surface area contributed by atoms with Crippen molar-refractivity contribution in [2.45, 2.75) is 26.7 Å². The normalized spacial score (nSPS) is 11.2. The first-order valence-electron chi connectivity index (χ1n) is 8.78. The van der Waals surface area contributed by atoms with E-state index in [0.29, 0.717) is 24.1 Å². The van der Waals surface area contributed by atoms with E-state index < -0.39 is 0 Å². The molecule has 0 unspecified atom stereocenters. The standard InChI is InChI=1S/C21H19N3O3/c1-12-10-21(26)27-18-9-13(2)17(11-14(12)18)24-20(25)8-7-19-22-15-5-3-4-6-16(15)23-19/h3-6,9-11H,7-8H2,1-2H3,(H,22,23)(H,24,25). The molecule has 2 aromatic heterocycles. The molecule has 2 heterocycles. The van der Waals surface area contributed by atoms with Gasteiger partial charge in [0.25, 0.3) is 0 Å². The zero-order valence-corrected chi connectivity index (χ0v) is 15.1. The van der Waals surface area contributed by atoms with Gasteiger partial charge < -0.3 is 14.7 Å². The molecule has 27 heavy (non-hydrogen) atoms. The summed E-state index contributed by atoms with van der Waals surface area (Å²) >= 11 is 0. The number of para-hydroxylation sites is 2. The minimum Gasteiger partial charge on any atom is -0.423 e. The van der Waals surface area contributed by atoms with Gasteiger partial charge in [-0.25, -0.2) is 9.78 Å². The van der Waals surface area contributed by atoms with Crippen LogP contribution in [0.1, 0.15) is 23.4 Å². The van der Waals surface area contributed by atoms with E-state index in [1.54, 1.807) is 6.07 Å². The number of rotatable bonds is 4. The monoisotopic (exact) mass is 361 g/mol. The molecule has 0 saturated heterocycles. The molecule has 136 valence electrons. The number of aromatic amines is 1. The van der Waals surface area contributed by atoms with Gasteiger partial charge in [-0.2, -0.15) is 0 Å². The van der Waals surface area contributed by atoms with E-state index in [9.17, 15) is 9.59 Å². The average molecular weight is 361 g/mol. The number of H-pyrrole nitrogens is 1. The Bertz CT molecular complexity index is 1190. The van der Waals surface area contributed by atoms with Gasteiger partial charge in [-0.15, -0.1) is 0 Å². The molecule has 4 rings (SSSR count). The number of imidazole rings is 1. The number of carbonyl (C=O) groups is 1. The summed E-state index contributed by atoms with van der Waals surface area (Å²) in [5.41, 5.74) is 4.40. The summed E-state index contributed by atoms with van der Waals surface area (Å²) in [6.45, 7) is 3.72. The fourth-order valence-electron chi connectivity index (χ4n) is 3.17. The van der Waals surface area contributed by atoms with Crippen LogP contribution >= 0.6 is 0 Å². The van der Waals surface area contributed by atoms with Gasteiger partial charge in [-0.3, -0.25) is 4.79 Å². The molecular formula is C21H19N3O3. The van der Waals surface area contributed by atoms with Gasteiger partial charge in [0.15, 0.2) is 0 Å². The summed E-state index contributed by atoms with van der Waals surface area (Å²) in [6.07, 6.45) is 0.848. The number of carbonyl (C=O) groups excluding carboxylic acids is 1. The smallest absolute Gasteiger partial charge is 0.336 e. The topological polar surface area (TPSA) is 88.0 Å². The molecule has 0 aliphatic heterocycles. The zero-order chi connectivity index (χ0) is 19.0. The number of hydrogen-bond acceptors (Lipinski definition) is 4. The minimum atomic E-state index is -0.373. The second-order valence-corrected chi connectivity index (χ2v) is 6.66. The molecule has 6 heteroatoms. The highest BCUT2D eigenvalue weighted by molar-refractivity contribution is 5.95. The molecule has 0 atom stereocenters. The highest BCUT2D eigenvalue weighted by atomic mass is 16.4. The Labute approximate surface area is 155 Å². The van der Waals surface area contributed by atoms with Crippen LogP contribution in [-0.2, 0) is 11.2 Å². The zero-order valence-electron chi connectivity index (χ0n) is 15.1. The molecule has 0 radical (unpaired) electrons. The van der Waals surface area contributed by atoms with Crippen molar-refractivity contribution in [1.29, 1.82) is 0 Å². The highest BCUT2D eigenvalue weighted by Crippen LogP contribution is 2.25.